The molecule has 1 N–H and O–H groups in total. The van der Waals surface area contributed by atoms with Crippen LogP contribution >= 0.6 is 0 Å². The van der Waals surface area contributed by atoms with E-state index in [1.165, 1.54) is 11.1 Å². The number of nitriles is 1. The predicted molar refractivity (Wildman–Crippen MR) is 83.8 cm³/mol. The van der Waals surface area contributed by atoms with Crippen LogP contribution in [-0.4, -0.2) is 13.1 Å². The van der Waals surface area contributed by atoms with Crippen LogP contribution in [0.25, 0.3) is 0 Å². The van der Waals surface area contributed by atoms with E-state index in [2.05, 4.69) is 48.5 Å². The van der Waals surface area contributed by atoms with Gasteiger partial charge in [-0.15, -0.1) is 0 Å². The molecule has 0 aromatic heterocycles. The van der Waals surface area contributed by atoms with Gasteiger partial charge in [0.25, 0.3) is 0 Å². The minimum absolute atomic E-state index is 0.276. The van der Waals surface area contributed by atoms with Gasteiger partial charge in [-0.2, -0.15) is 5.26 Å². The highest BCUT2D eigenvalue weighted by Gasteiger charge is 2.38. The number of nitrogens with one attached hydrogen (secondary N) is 1. The van der Waals surface area contributed by atoms with E-state index in [0.717, 1.165) is 32.5 Å². The summed E-state index contributed by atoms with van der Waals surface area (Å²) in [5.41, 5.74) is 2.30. The summed E-state index contributed by atoms with van der Waals surface area (Å²) in [7, 11) is 0. The Balaban J connectivity index is 1.68. The molecule has 1 heterocycles. The Morgan fingerprint density at radius 1 is 0.905 bits per heavy atom. The van der Waals surface area contributed by atoms with E-state index < -0.39 is 0 Å². The van der Waals surface area contributed by atoms with Crippen LogP contribution in [-0.2, 0) is 12.0 Å². The molecule has 3 rings (SSSR count). The largest absolute Gasteiger partial charge is 0.331 e. The molecule has 0 unspecified atom stereocenters. The molecule has 1 fully saturated rings. The molecule has 0 saturated carbocycles. The van der Waals surface area contributed by atoms with Crippen molar-refractivity contribution >= 4 is 0 Å². The van der Waals surface area contributed by atoms with Crippen LogP contribution in [0.2, 0.25) is 0 Å². The molecule has 2 heteroatoms. The van der Waals surface area contributed by atoms with Crippen LogP contribution in [0.15, 0.2) is 60.7 Å². The van der Waals surface area contributed by atoms with E-state index in [4.69, 9.17) is 0 Å². The van der Waals surface area contributed by atoms with Gasteiger partial charge in [0.05, 0.1) is 24.6 Å². The average Bonchev–Trinajstić information content (AvgIpc) is 2.58. The van der Waals surface area contributed by atoms with E-state index in [-0.39, 0.29) is 5.41 Å². The van der Waals surface area contributed by atoms with Gasteiger partial charge >= 0.3 is 0 Å². The smallest absolute Gasteiger partial charge is 0.103 e. The molecule has 1 saturated heterocycles. The Morgan fingerprint density at radius 3 is 2.05 bits per heavy atom. The number of likely N-dealkylation sites (tertiary alicyclic amines) is 1. The minimum Gasteiger partial charge on any atom is -0.331 e. The zero-order chi connectivity index (χ0) is 14.5. The van der Waals surface area contributed by atoms with Gasteiger partial charge in [0.1, 0.15) is 6.54 Å². The lowest BCUT2D eigenvalue weighted by atomic mass is 9.74. The second kappa shape index (κ2) is 6.11. The SMILES string of the molecule is N#CC1(c2ccccc2)CC[NH+](Cc2ccccc2)CC1. The Hall–Kier alpha value is -2.11. The van der Waals surface area contributed by atoms with Gasteiger partial charge in [-0.25, -0.2) is 0 Å². The van der Waals surface area contributed by atoms with Crippen LogP contribution in [0.5, 0.6) is 0 Å². The summed E-state index contributed by atoms with van der Waals surface area (Å²) in [6.45, 7) is 3.20. The second-order valence-electron chi connectivity index (χ2n) is 5.97. The maximum atomic E-state index is 9.71. The standard InChI is InChI=1S/C19H20N2/c20-16-19(18-9-5-2-6-10-18)11-13-21(14-12-19)15-17-7-3-1-4-8-17/h1-10H,11-15H2/p+1. The fraction of sp³-hybridized carbons (Fsp3) is 0.316. The van der Waals surface area contributed by atoms with Gasteiger partial charge in [0.2, 0.25) is 0 Å². The summed E-state index contributed by atoms with van der Waals surface area (Å²) in [6.07, 6.45) is 1.91. The molecular formula is C19H21N2+. The first-order valence-electron chi connectivity index (χ1n) is 7.67. The van der Waals surface area contributed by atoms with Gasteiger partial charge in [-0.1, -0.05) is 60.7 Å². The van der Waals surface area contributed by atoms with E-state index in [1.807, 2.05) is 18.2 Å². The van der Waals surface area contributed by atoms with Crippen molar-refractivity contribution in [3.63, 3.8) is 0 Å². The summed E-state index contributed by atoms with van der Waals surface area (Å²) in [5.74, 6) is 0. The van der Waals surface area contributed by atoms with Crippen molar-refractivity contribution in [1.29, 1.82) is 5.26 Å². The Bertz CT molecular complexity index is 605. The van der Waals surface area contributed by atoms with Crippen LogP contribution in [0, 0.1) is 11.3 Å². The molecule has 0 radical (unpaired) electrons. The number of piperidine rings is 1. The summed E-state index contributed by atoms with van der Waals surface area (Å²) < 4.78 is 0. The molecule has 2 nitrogen and oxygen atoms in total. The topological polar surface area (TPSA) is 28.2 Å². The Kier molecular flexibility index (Phi) is 4.03. The maximum Gasteiger partial charge on any atom is 0.103 e. The van der Waals surface area contributed by atoms with E-state index in [9.17, 15) is 5.26 Å². The first-order chi connectivity index (χ1) is 10.3. The lowest BCUT2D eigenvalue weighted by Gasteiger charge is -2.35. The van der Waals surface area contributed by atoms with Gasteiger partial charge < -0.3 is 4.90 Å². The van der Waals surface area contributed by atoms with Crippen LogP contribution in [0.4, 0.5) is 0 Å². The molecule has 1 aliphatic rings. The Morgan fingerprint density at radius 2 is 1.48 bits per heavy atom. The van der Waals surface area contributed by atoms with Gasteiger partial charge in [0, 0.05) is 18.4 Å². The summed E-state index contributed by atoms with van der Waals surface area (Å²) in [5, 5.41) is 9.71. The highest BCUT2D eigenvalue weighted by atomic mass is 15.1. The molecule has 0 atom stereocenters. The number of hydrogen-bond donors (Lipinski definition) is 1. The molecule has 1 aliphatic heterocycles. The normalized spacial score (nSPS) is 25.2. The van der Waals surface area contributed by atoms with Crippen molar-refractivity contribution < 1.29 is 4.90 Å². The van der Waals surface area contributed by atoms with Crippen molar-refractivity contribution in [1.82, 2.24) is 0 Å². The highest BCUT2D eigenvalue weighted by molar-refractivity contribution is 5.32. The van der Waals surface area contributed by atoms with Gasteiger partial charge in [0.15, 0.2) is 0 Å². The highest BCUT2D eigenvalue weighted by Crippen LogP contribution is 2.31. The number of rotatable bonds is 3. The first kappa shape index (κ1) is 13.9. The lowest BCUT2D eigenvalue weighted by Crippen LogP contribution is -3.12. The average molecular weight is 277 g/mol. The van der Waals surface area contributed by atoms with Crippen LogP contribution in [0.3, 0.4) is 0 Å². The fourth-order valence-electron chi connectivity index (χ4n) is 3.31. The molecule has 2 aromatic rings. The van der Waals surface area contributed by atoms with Gasteiger partial charge in [-0.05, 0) is 5.56 Å². The number of nitrogens with zero attached hydrogens (tertiary/aromatic N) is 1. The molecule has 0 amide bonds. The van der Waals surface area contributed by atoms with E-state index in [0.29, 0.717) is 0 Å². The monoisotopic (exact) mass is 277 g/mol. The lowest BCUT2D eigenvalue weighted by molar-refractivity contribution is -0.919. The summed E-state index contributed by atoms with van der Waals surface area (Å²) in [6, 6.07) is 23.5. The molecule has 0 bridgehead atoms. The molecule has 0 spiro atoms. The van der Waals surface area contributed by atoms with Gasteiger partial charge in [-0.3, -0.25) is 0 Å². The third-order valence-electron chi connectivity index (χ3n) is 4.65. The summed E-state index contributed by atoms with van der Waals surface area (Å²) >= 11 is 0. The first-order valence-corrected chi connectivity index (χ1v) is 7.67. The second-order valence-corrected chi connectivity index (χ2v) is 5.97. The molecule has 21 heavy (non-hydrogen) atoms. The third-order valence-corrected chi connectivity index (χ3v) is 4.65. The molecular weight excluding hydrogens is 256 g/mol. The number of benzene rings is 2. The third kappa shape index (κ3) is 2.99. The van der Waals surface area contributed by atoms with Crippen LogP contribution in [0.1, 0.15) is 24.0 Å². The van der Waals surface area contributed by atoms with Crippen molar-refractivity contribution in [3.05, 3.63) is 71.8 Å². The predicted octanol–water partition coefficient (Wildman–Crippen LogP) is 2.33. The van der Waals surface area contributed by atoms with Crippen molar-refractivity contribution in [2.75, 3.05) is 13.1 Å². The number of quaternary nitrogens is 1. The zero-order valence-corrected chi connectivity index (χ0v) is 12.3. The van der Waals surface area contributed by atoms with Crippen molar-refractivity contribution in [3.8, 4) is 6.07 Å². The van der Waals surface area contributed by atoms with E-state index in [1.54, 1.807) is 4.90 Å². The van der Waals surface area contributed by atoms with Crippen LogP contribution < -0.4 is 4.90 Å². The Labute approximate surface area is 126 Å². The quantitative estimate of drug-likeness (QED) is 0.916. The van der Waals surface area contributed by atoms with Crippen molar-refractivity contribution in [2.24, 2.45) is 0 Å². The molecule has 0 aliphatic carbocycles. The van der Waals surface area contributed by atoms with Crippen molar-refractivity contribution in [2.45, 2.75) is 24.8 Å². The molecule has 106 valence electrons. The number of hydrogen-bond acceptors (Lipinski definition) is 1. The van der Waals surface area contributed by atoms with E-state index >= 15 is 0 Å². The fourth-order valence-corrected chi connectivity index (χ4v) is 3.31. The summed E-state index contributed by atoms with van der Waals surface area (Å²) in [4.78, 5) is 1.59. The molecule has 2 aromatic carbocycles. The minimum atomic E-state index is -0.276. The maximum absolute atomic E-state index is 9.71. The zero-order valence-electron chi connectivity index (χ0n) is 12.3.